The van der Waals surface area contributed by atoms with Crippen LogP contribution in [0.2, 0.25) is 0 Å². The minimum Gasteiger partial charge on any atom is -0.392 e. The second-order valence-corrected chi connectivity index (χ2v) is 5.75. The predicted molar refractivity (Wildman–Crippen MR) is 91.6 cm³/mol. The minimum atomic E-state index is -0.549. The molecular formula is C19H26N2O. The van der Waals surface area contributed by atoms with Crippen LogP contribution in [0.15, 0.2) is 60.7 Å². The smallest absolute Gasteiger partial charge is 0.0681 e. The van der Waals surface area contributed by atoms with E-state index in [0.29, 0.717) is 0 Å². The van der Waals surface area contributed by atoms with Gasteiger partial charge in [0.25, 0.3) is 0 Å². The Morgan fingerprint density at radius 3 is 2.18 bits per heavy atom. The van der Waals surface area contributed by atoms with Gasteiger partial charge in [-0.3, -0.25) is 0 Å². The molecule has 0 aromatic heterocycles. The van der Waals surface area contributed by atoms with Crippen molar-refractivity contribution < 1.29 is 5.11 Å². The Morgan fingerprint density at radius 2 is 1.59 bits per heavy atom. The van der Waals surface area contributed by atoms with Gasteiger partial charge in [0.2, 0.25) is 0 Å². The third-order valence-corrected chi connectivity index (χ3v) is 3.95. The lowest BCUT2D eigenvalue weighted by Crippen LogP contribution is -2.45. The molecular weight excluding hydrogens is 272 g/mol. The molecule has 0 aliphatic carbocycles. The number of aliphatic hydroxyl groups excluding tert-OH is 1. The van der Waals surface area contributed by atoms with Crippen LogP contribution in [0, 0.1) is 0 Å². The number of nitrogens with one attached hydrogen (secondary N) is 1. The summed E-state index contributed by atoms with van der Waals surface area (Å²) in [6.45, 7) is 2.61. The molecule has 0 aliphatic heterocycles. The molecule has 2 rings (SSSR count). The fourth-order valence-corrected chi connectivity index (χ4v) is 2.61. The lowest BCUT2D eigenvalue weighted by molar-refractivity contribution is 0.143. The quantitative estimate of drug-likeness (QED) is 0.657. The number of aryl methyl sites for hydroxylation is 1. The molecule has 4 N–H and O–H groups in total. The van der Waals surface area contributed by atoms with Crippen LogP contribution < -0.4 is 11.1 Å². The van der Waals surface area contributed by atoms with Gasteiger partial charge in [-0.05, 0) is 37.4 Å². The van der Waals surface area contributed by atoms with E-state index in [1.807, 2.05) is 24.3 Å². The number of nitrogens with two attached hydrogens (primary N) is 1. The molecule has 3 atom stereocenters. The van der Waals surface area contributed by atoms with Crippen molar-refractivity contribution in [1.82, 2.24) is 5.32 Å². The number of hydrogen-bond acceptors (Lipinski definition) is 3. The maximum Gasteiger partial charge on any atom is 0.0681 e. The maximum atomic E-state index is 9.82. The maximum absolute atomic E-state index is 9.82. The Hall–Kier alpha value is -1.68. The van der Waals surface area contributed by atoms with Crippen molar-refractivity contribution in [3.63, 3.8) is 0 Å². The van der Waals surface area contributed by atoms with E-state index in [1.54, 1.807) is 6.92 Å². The highest BCUT2D eigenvalue weighted by molar-refractivity contribution is 5.21. The van der Waals surface area contributed by atoms with Crippen molar-refractivity contribution in [2.45, 2.75) is 38.0 Å². The molecule has 0 radical (unpaired) electrons. The summed E-state index contributed by atoms with van der Waals surface area (Å²) in [5.41, 5.74) is 8.64. The normalized spacial score (nSPS) is 15.2. The van der Waals surface area contributed by atoms with Crippen LogP contribution in [0.5, 0.6) is 0 Å². The number of benzene rings is 2. The summed E-state index contributed by atoms with van der Waals surface area (Å²) in [6, 6.07) is 20.2. The molecule has 0 bridgehead atoms. The van der Waals surface area contributed by atoms with Crippen molar-refractivity contribution in [3.05, 3.63) is 71.8 Å². The van der Waals surface area contributed by atoms with E-state index >= 15 is 0 Å². The van der Waals surface area contributed by atoms with Crippen LogP contribution in [0.3, 0.4) is 0 Å². The molecule has 118 valence electrons. The van der Waals surface area contributed by atoms with Gasteiger partial charge >= 0.3 is 0 Å². The second kappa shape index (κ2) is 8.69. The minimum absolute atomic E-state index is 0.0306. The summed E-state index contributed by atoms with van der Waals surface area (Å²) in [5, 5.41) is 13.3. The lowest BCUT2D eigenvalue weighted by atomic mass is 9.96. The van der Waals surface area contributed by atoms with Crippen LogP contribution in [-0.2, 0) is 6.42 Å². The van der Waals surface area contributed by atoms with Gasteiger partial charge < -0.3 is 16.2 Å². The third-order valence-electron chi connectivity index (χ3n) is 3.95. The summed E-state index contributed by atoms with van der Waals surface area (Å²) in [6.07, 6.45) is 1.53. The van der Waals surface area contributed by atoms with Gasteiger partial charge in [-0.2, -0.15) is 0 Å². The Kier molecular flexibility index (Phi) is 6.59. The summed E-state index contributed by atoms with van der Waals surface area (Å²) >= 11 is 0. The van der Waals surface area contributed by atoms with Gasteiger partial charge in [0, 0.05) is 12.1 Å². The highest BCUT2D eigenvalue weighted by Crippen LogP contribution is 2.18. The zero-order valence-electron chi connectivity index (χ0n) is 13.2. The van der Waals surface area contributed by atoms with E-state index in [2.05, 4.69) is 41.7 Å². The molecule has 3 nitrogen and oxygen atoms in total. The van der Waals surface area contributed by atoms with E-state index in [1.165, 1.54) is 5.56 Å². The summed E-state index contributed by atoms with van der Waals surface area (Å²) in [7, 11) is 0. The average Bonchev–Trinajstić information content (AvgIpc) is 2.56. The number of aliphatic hydroxyl groups is 1. The SMILES string of the molecule is CC(O)C(N)C(NCCCc1ccccc1)c1ccccc1. The molecule has 2 aromatic carbocycles. The highest BCUT2D eigenvalue weighted by atomic mass is 16.3. The molecule has 0 amide bonds. The first-order chi connectivity index (χ1) is 10.7. The largest absolute Gasteiger partial charge is 0.392 e. The fourth-order valence-electron chi connectivity index (χ4n) is 2.61. The predicted octanol–water partition coefficient (Wildman–Crippen LogP) is 2.66. The summed E-state index contributed by atoms with van der Waals surface area (Å²) < 4.78 is 0. The van der Waals surface area contributed by atoms with Gasteiger partial charge in [-0.1, -0.05) is 60.7 Å². The van der Waals surface area contributed by atoms with E-state index in [0.717, 1.165) is 24.9 Å². The molecule has 0 saturated heterocycles. The Labute approximate surface area is 133 Å². The highest BCUT2D eigenvalue weighted by Gasteiger charge is 2.22. The van der Waals surface area contributed by atoms with Gasteiger partial charge in [-0.15, -0.1) is 0 Å². The number of hydrogen-bond donors (Lipinski definition) is 3. The Balaban J connectivity index is 1.90. The van der Waals surface area contributed by atoms with Gasteiger partial charge in [0.1, 0.15) is 0 Å². The first kappa shape index (κ1) is 16.7. The monoisotopic (exact) mass is 298 g/mol. The molecule has 0 aliphatic rings. The molecule has 3 unspecified atom stereocenters. The zero-order valence-corrected chi connectivity index (χ0v) is 13.2. The van der Waals surface area contributed by atoms with Crippen LogP contribution in [0.1, 0.15) is 30.5 Å². The molecule has 0 fully saturated rings. The molecule has 0 spiro atoms. The van der Waals surface area contributed by atoms with Crippen LogP contribution in [0.4, 0.5) is 0 Å². The van der Waals surface area contributed by atoms with E-state index < -0.39 is 6.10 Å². The van der Waals surface area contributed by atoms with Crippen molar-refractivity contribution in [2.75, 3.05) is 6.54 Å². The van der Waals surface area contributed by atoms with Crippen LogP contribution in [0.25, 0.3) is 0 Å². The van der Waals surface area contributed by atoms with Gasteiger partial charge in [0.05, 0.1) is 6.10 Å². The third kappa shape index (κ3) is 4.95. The average molecular weight is 298 g/mol. The van der Waals surface area contributed by atoms with E-state index in [-0.39, 0.29) is 12.1 Å². The standard InChI is InChI=1S/C19H26N2O/c1-15(22)18(20)19(17-12-6-3-7-13-17)21-14-8-11-16-9-4-2-5-10-16/h2-7,9-10,12-13,15,18-19,21-22H,8,11,14,20H2,1H3. The molecule has 0 saturated carbocycles. The van der Waals surface area contributed by atoms with E-state index in [4.69, 9.17) is 5.73 Å². The zero-order chi connectivity index (χ0) is 15.8. The van der Waals surface area contributed by atoms with Crippen molar-refractivity contribution >= 4 is 0 Å². The van der Waals surface area contributed by atoms with E-state index in [9.17, 15) is 5.11 Å². The van der Waals surface area contributed by atoms with Crippen LogP contribution in [-0.4, -0.2) is 23.8 Å². The summed E-state index contributed by atoms with van der Waals surface area (Å²) in [5.74, 6) is 0. The van der Waals surface area contributed by atoms with Gasteiger partial charge in [-0.25, -0.2) is 0 Å². The first-order valence-corrected chi connectivity index (χ1v) is 7.94. The summed E-state index contributed by atoms with van der Waals surface area (Å²) in [4.78, 5) is 0. The van der Waals surface area contributed by atoms with Crippen molar-refractivity contribution in [1.29, 1.82) is 0 Å². The van der Waals surface area contributed by atoms with Gasteiger partial charge in [0.15, 0.2) is 0 Å². The van der Waals surface area contributed by atoms with Crippen molar-refractivity contribution in [3.8, 4) is 0 Å². The molecule has 22 heavy (non-hydrogen) atoms. The first-order valence-electron chi connectivity index (χ1n) is 7.94. The van der Waals surface area contributed by atoms with Crippen molar-refractivity contribution in [2.24, 2.45) is 5.73 Å². The Bertz CT molecular complexity index is 528. The van der Waals surface area contributed by atoms with Crippen LogP contribution >= 0.6 is 0 Å². The topological polar surface area (TPSA) is 58.3 Å². The Morgan fingerprint density at radius 1 is 1.00 bits per heavy atom. The molecule has 2 aromatic rings. The fraction of sp³-hybridized carbons (Fsp3) is 0.368. The lowest BCUT2D eigenvalue weighted by Gasteiger charge is -2.27. The molecule has 0 heterocycles. The molecule has 3 heteroatoms. The second-order valence-electron chi connectivity index (χ2n) is 5.75. The number of rotatable bonds is 8.